The van der Waals surface area contributed by atoms with E-state index in [9.17, 15) is 9.59 Å². The van der Waals surface area contributed by atoms with Crippen LogP contribution in [0.4, 0.5) is 4.79 Å². The summed E-state index contributed by atoms with van der Waals surface area (Å²) in [4.78, 5) is 25.0. The quantitative estimate of drug-likeness (QED) is 0.663. The summed E-state index contributed by atoms with van der Waals surface area (Å²) < 4.78 is 5.35. The van der Waals surface area contributed by atoms with Crippen LogP contribution in [0.2, 0.25) is 0 Å². The Kier molecular flexibility index (Phi) is 3.84. The molecule has 0 saturated carbocycles. The molecule has 0 bridgehead atoms. The summed E-state index contributed by atoms with van der Waals surface area (Å²) in [6.07, 6.45) is 2.37. The van der Waals surface area contributed by atoms with Crippen molar-refractivity contribution in [2.75, 3.05) is 6.54 Å². The monoisotopic (exact) mass is 241 g/mol. The molecular weight excluding hydrogens is 218 g/mol. The maximum atomic E-state index is 12.1. The van der Waals surface area contributed by atoms with Crippen molar-refractivity contribution in [3.05, 3.63) is 0 Å². The topological polar surface area (TPSA) is 46.6 Å². The molecule has 17 heavy (non-hydrogen) atoms. The number of ether oxygens (including phenoxy) is 1. The van der Waals surface area contributed by atoms with Gasteiger partial charge in [0.25, 0.3) is 0 Å². The fraction of sp³-hybridized carbons (Fsp3) is 0.846. The third kappa shape index (κ3) is 2.99. The van der Waals surface area contributed by atoms with E-state index < -0.39 is 17.2 Å². The van der Waals surface area contributed by atoms with Crippen LogP contribution in [-0.4, -0.2) is 35.0 Å². The molecule has 2 atom stereocenters. The van der Waals surface area contributed by atoms with E-state index in [1.807, 2.05) is 34.6 Å². The lowest BCUT2D eigenvalue weighted by Gasteiger charge is -2.45. The second-order valence-electron chi connectivity index (χ2n) is 6.02. The Morgan fingerprint density at radius 3 is 2.53 bits per heavy atom. The van der Waals surface area contributed by atoms with Gasteiger partial charge in [-0.3, -0.25) is 4.90 Å². The number of hydrogen-bond donors (Lipinski definition) is 0. The molecule has 0 aromatic heterocycles. The van der Waals surface area contributed by atoms with Crippen LogP contribution in [0.25, 0.3) is 0 Å². The zero-order valence-corrected chi connectivity index (χ0v) is 11.4. The third-order valence-corrected chi connectivity index (χ3v) is 3.45. The second-order valence-corrected chi connectivity index (χ2v) is 6.02. The molecule has 0 spiro atoms. The van der Waals surface area contributed by atoms with Crippen molar-refractivity contribution in [1.29, 1.82) is 0 Å². The summed E-state index contributed by atoms with van der Waals surface area (Å²) in [5, 5.41) is 0. The number of piperidine rings is 1. The highest BCUT2D eigenvalue weighted by molar-refractivity contribution is 5.77. The van der Waals surface area contributed by atoms with E-state index in [0.717, 1.165) is 19.1 Å². The first-order valence-corrected chi connectivity index (χ1v) is 6.17. The SMILES string of the molecule is CC1CCCN(C(=O)OC(C)(C)C)C1(C)C=O. The first-order valence-electron chi connectivity index (χ1n) is 6.17. The van der Waals surface area contributed by atoms with E-state index in [1.165, 1.54) is 0 Å². The molecule has 4 heteroatoms. The van der Waals surface area contributed by atoms with Gasteiger partial charge in [-0.2, -0.15) is 0 Å². The van der Waals surface area contributed by atoms with Crippen molar-refractivity contribution >= 4 is 12.4 Å². The number of carbonyl (C=O) groups excluding carboxylic acids is 2. The van der Waals surface area contributed by atoms with Crippen LogP contribution in [0.1, 0.15) is 47.5 Å². The summed E-state index contributed by atoms with van der Waals surface area (Å²) in [5.74, 6) is 0.168. The summed E-state index contributed by atoms with van der Waals surface area (Å²) in [7, 11) is 0. The molecular formula is C13H23NO3. The Bertz CT molecular complexity index is 308. The number of nitrogens with zero attached hydrogens (tertiary/aromatic N) is 1. The van der Waals surface area contributed by atoms with Crippen molar-refractivity contribution in [3.63, 3.8) is 0 Å². The van der Waals surface area contributed by atoms with E-state index in [4.69, 9.17) is 4.74 Å². The van der Waals surface area contributed by atoms with Crippen LogP contribution in [0.3, 0.4) is 0 Å². The van der Waals surface area contributed by atoms with Gasteiger partial charge in [0.2, 0.25) is 0 Å². The van der Waals surface area contributed by atoms with Gasteiger partial charge in [0.05, 0.1) is 0 Å². The molecule has 1 aliphatic rings. The molecule has 1 aliphatic heterocycles. The highest BCUT2D eigenvalue weighted by Gasteiger charge is 2.44. The number of carbonyl (C=O) groups is 2. The average Bonchev–Trinajstić information content (AvgIpc) is 2.19. The zero-order valence-electron chi connectivity index (χ0n) is 11.4. The fourth-order valence-corrected chi connectivity index (χ4v) is 2.14. The maximum absolute atomic E-state index is 12.1. The Balaban J connectivity index is 2.87. The van der Waals surface area contributed by atoms with Crippen molar-refractivity contribution in [3.8, 4) is 0 Å². The second kappa shape index (κ2) is 4.67. The average molecular weight is 241 g/mol. The predicted octanol–water partition coefficient (Wildman–Crippen LogP) is 2.61. The molecule has 0 radical (unpaired) electrons. The van der Waals surface area contributed by atoms with E-state index >= 15 is 0 Å². The standard InChI is InChI=1S/C13H23NO3/c1-10-7-6-8-14(13(10,5)9-15)11(16)17-12(2,3)4/h9-10H,6-8H2,1-5H3. The normalized spacial score (nSPS) is 29.9. The van der Waals surface area contributed by atoms with Gasteiger partial charge in [-0.25, -0.2) is 4.79 Å². The molecule has 2 unspecified atom stereocenters. The molecule has 0 aromatic rings. The predicted molar refractivity (Wildman–Crippen MR) is 65.8 cm³/mol. The first kappa shape index (κ1) is 14.0. The van der Waals surface area contributed by atoms with Crippen molar-refractivity contribution in [1.82, 2.24) is 4.90 Å². The minimum absolute atomic E-state index is 0.168. The van der Waals surface area contributed by atoms with Crippen molar-refractivity contribution < 1.29 is 14.3 Å². The largest absolute Gasteiger partial charge is 0.444 e. The molecule has 98 valence electrons. The van der Waals surface area contributed by atoms with Crippen LogP contribution < -0.4 is 0 Å². The highest BCUT2D eigenvalue weighted by Crippen LogP contribution is 2.32. The summed E-state index contributed by atoms with van der Waals surface area (Å²) in [6.45, 7) is 9.90. The van der Waals surface area contributed by atoms with E-state index in [2.05, 4.69) is 0 Å². The van der Waals surface area contributed by atoms with Crippen LogP contribution in [-0.2, 0) is 9.53 Å². The van der Waals surface area contributed by atoms with E-state index in [1.54, 1.807) is 4.90 Å². The number of aldehydes is 1. The number of rotatable bonds is 1. The first-order chi connectivity index (χ1) is 7.70. The van der Waals surface area contributed by atoms with Gasteiger partial charge in [-0.1, -0.05) is 6.92 Å². The fourth-order valence-electron chi connectivity index (χ4n) is 2.14. The van der Waals surface area contributed by atoms with Crippen molar-refractivity contribution in [2.45, 2.75) is 58.6 Å². The number of amides is 1. The number of likely N-dealkylation sites (tertiary alicyclic amines) is 1. The van der Waals surface area contributed by atoms with E-state index in [0.29, 0.717) is 6.54 Å². The highest BCUT2D eigenvalue weighted by atomic mass is 16.6. The van der Waals surface area contributed by atoms with Crippen LogP contribution in [0, 0.1) is 5.92 Å². The van der Waals surface area contributed by atoms with Gasteiger partial charge >= 0.3 is 6.09 Å². The lowest BCUT2D eigenvalue weighted by Crippen LogP contribution is -2.58. The lowest BCUT2D eigenvalue weighted by atomic mass is 9.80. The molecule has 0 N–H and O–H groups in total. The van der Waals surface area contributed by atoms with Gasteiger partial charge in [0.1, 0.15) is 17.4 Å². The Labute approximate surface area is 103 Å². The molecule has 1 saturated heterocycles. The minimum Gasteiger partial charge on any atom is -0.444 e. The molecule has 0 aliphatic carbocycles. The summed E-state index contributed by atoms with van der Waals surface area (Å²) in [6, 6.07) is 0. The van der Waals surface area contributed by atoms with Crippen LogP contribution in [0.5, 0.6) is 0 Å². The molecule has 4 nitrogen and oxygen atoms in total. The molecule has 1 amide bonds. The van der Waals surface area contributed by atoms with E-state index in [-0.39, 0.29) is 5.92 Å². The summed E-state index contributed by atoms with van der Waals surface area (Å²) in [5.41, 5.74) is -1.26. The smallest absolute Gasteiger partial charge is 0.411 e. The van der Waals surface area contributed by atoms with Gasteiger partial charge in [-0.15, -0.1) is 0 Å². The Morgan fingerprint density at radius 1 is 1.47 bits per heavy atom. The summed E-state index contributed by atoms with van der Waals surface area (Å²) >= 11 is 0. The molecule has 1 fully saturated rings. The zero-order chi connectivity index (χ0) is 13.3. The lowest BCUT2D eigenvalue weighted by molar-refractivity contribution is -0.123. The van der Waals surface area contributed by atoms with Crippen LogP contribution >= 0.6 is 0 Å². The van der Waals surface area contributed by atoms with Gasteiger partial charge in [0.15, 0.2) is 0 Å². The molecule has 1 rings (SSSR count). The third-order valence-electron chi connectivity index (χ3n) is 3.45. The van der Waals surface area contributed by atoms with Gasteiger partial charge in [-0.05, 0) is 46.5 Å². The minimum atomic E-state index is -0.736. The Morgan fingerprint density at radius 2 is 2.06 bits per heavy atom. The van der Waals surface area contributed by atoms with Gasteiger partial charge in [0, 0.05) is 6.54 Å². The molecule has 1 heterocycles. The number of hydrogen-bond acceptors (Lipinski definition) is 3. The van der Waals surface area contributed by atoms with Crippen molar-refractivity contribution in [2.24, 2.45) is 5.92 Å². The van der Waals surface area contributed by atoms with Gasteiger partial charge < -0.3 is 9.53 Å². The maximum Gasteiger partial charge on any atom is 0.411 e. The Hall–Kier alpha value is -1.06. The van der Waals surface area contributed by atoms with Crippen LogP contribution in [0.15, 0.2) is 0 Å². The molecule has 0 aromatic carbocycles.